The molecule has 2 aromatic carbocycles. The van der Waals surface area contributed by atoms with E-state index in [-0.39, 0.29) is 17.0 Å². The van der Waals surface area contributed by atoms with Crippen LogP contribution in [0.25, 0.3) is 0 Å². The molecule has 10 heteroatoms. The largest absolute Gasteiger partial charge is 0.478 e. The van der Waals surface area contributed by atoms with E-state index in [9.17, 15) is 31.5 Å². The number of alkyl halides is 3. The van der Waals surface area contributed by atoms with Gasteiger partial charge in [0.05, 0.1) is 11.6 Å². The first-order valence-corrected chi connectivity index (χ1v) is 11.8. The summed E-state index contributed by atoms with van der Waals surface area (Å²) in [6, 6.07) is 14.2. The lowest BCUT2D eigenvalue weighted by Gasteiger charge is -2.31. The summed E-state index contributed by atoms with van der Waals surface area (Å²) in [6.07, 6.45) is -3.59. The number of halogens is 3. The predicted molar refractivity (Wildman–Crippen MR) is 120 cm³/mol. The Balaban J connectivity index is 2.10. The molecule has 0 spiro atoms. The van der Waals surface area contributed by atoms with Crippen molar-refractivity contribution in [2.75, 3.05) is 0 Å². The van der Waals surface area contributed by atoms with Crippen molar-refractivity contribution in [1.82, 2.24) is 9.29 Å². The second kappa shape index (κ2) is 9.94. The van der Waals surface area contributed by atoms with Crippen LogP contribution in [0.15, 0.2) is 71.8 Å². The van der Waals surface area contributed by atoms with E-state index in [1.165, 1.54) is 16.4 Å². The summed E-state index contributed by atoms with van der Waals surface area (Å²) in [5.74, 6) is -1.11. The lowest BCUT2D eigenvalue weighted by molar-refractivity contribution is -0.141. The van der Waals surface area contributed by atoms with Crippen molar-refractivity contribution in [3.63, 3.8) is 0 Å². The monoisotopic (exact) mass is 492 g/mol. The fourth-order valence-corrected chi connectivity index (χ4v) is 5.27. The van der Waals surface area contributed by atoms with Crippen molar-refractivity contribution < 1.29 is 31.5 Å². The van der Waals surface area contributed by atoms with E-state index in [1.54, 1.807) is 43.3 Å². The van der Waals surface area contributed by atoms with Gasteiger partial charge in [-0.2, -0.15) is 17.5 Å². The molecule has 0 bridgehead atoms. The third-order valence-corrected chi connectivity index (χ3v) is 7.31. The van der Waals surface area contributed by atoms with Crippen LogP contribution in [0.5, 0.6) is 0 Å². The molecule has 3 aromatic rings. The highest BCUT2D eigenvalue weighted by Gasteiger charge is 2.35. The van der Waals surface area contributed by atoms with E-state index in [1.807, 2.05) is 6.92 Å². The van der Waals surface area contributed by atoms with Gasteiger partial charge in [0.2, 0.25) is 10.0 Å². The Kier molecular flexibility index (Phi) is 7.42. The van der Waals surface area contributed by atoms with Gasteiger partial charge in [-0.25, -0.2) is 13.2 Å². The first kappa shape index (κ1) is 25.4. The molecule has 0 aliphatic carbocycles. The van der Waals surface area contributed by atoms with Crippen LogP contribution in [0, 0.1) is 6.92 Å². The van der Waals surface area contributed by atoms with Crippen LogP contribution < -0.4 is 0 Å². The SMILES string of the molecule is CCC(c1ccccc1)N(Cc1ccc(C(=O)O)cc1C)S(=O)(=O)c1ccc(C(F)(F)F)nc1. The maximum atomic E-state index is 13.7. The van der Waals surface area contributed by atoms with Crippen LogP contribution in [0.3, 0.4) is 0 Å². The number of benzene rings is 2. The number of hydrogen-bond donors (Lipinski definition) is 1. The first-order valence-electron chi connectivity index (χ1n) is 10.4. The predicted octanol–water partition coefficient (Wildman–Crippen LogP) is 5.45. The smallest absolute Gasteiger partial charge is 0.433 e. The zero-order valence-electron chi connectivity index (χ0n) is 18.5. The van der Waals surface area contributed by atoms with Crippen molar-refractivity contribution in [2.45, 2.75) is 43.9 Å². The van der Waals surface area contributed by atoms with E-state index in [4.69, 9.17) is 0 Å². The minimum atomic E-state index is -4.69. The fraction of sp³-hybridized carbons (Fsp3) is 0.250. The van der Waals surface area contributed by atoms with Gasteiger partial charge in [0.1, 0.15) is 10.6 Å². The number of carboxylic acids is 1. The average molecular weight is 493 g/mol. The highest BCUT2D eigenvalue weighted by Crippen LogP contribution is 2.34. The molecule has 0 saturated heterocycles. The van der Waals surface area contributed by atoms with Gasteiger partial charge >= 0.3 is 12.1 Å². The van der Waals surface area contributed by atoms with Crippen molar-refractivity contribution in [1.29, 1.82) is 0 Å². The molecule has 0 aliphatic heterocycles. The third-order valence-electron chi connectivity index (χ3n) is 5.47. The van der Waals surface area contributed by atoms with E-state index in [0.717, 1.165) is 6.07 Å². The van der Waals surface area contributed by atoms with Gasteiger partial charge in [0, 0.05) is 12.7 Å². The Bertz CT molecular complexity index is 1260. The molecule has 1 N–H and O–H groups in total. The van der Waals surface area contributed by atoms with Gasteiger partial charge in [-0.3, -0.25) is 4.98 Å². The molecule has 34 heavy (non-hydrogen) atoms. The minimum absolute atomic E-state index is 0.0673. The summed E-state index contributed by atoms with van der Waals surface area (Å²) in [6.45, 7) is 3.38. The van der Waals surface area contributed by atoms with Gasteiger partial charge in [-0.1, -0.05) is 43.3 Å². The van der Waals surface area contributed by atoms with Crippen LogP contribution in [-0.4, -0.2) is 28.8 Å². The third kappa shape index (κ3) is 5.45. The average Bonchev–Trinajstić information content (AvgIpc) is 2.80. The number of carbonyl (C=O) groups is 1. The highest BCUT2D eigenvalue weighted by molar-refractivity contribution is 7.89. The molecule has 0 amide bonds. The molecule has 0 radical (unpaired) electrons. The van der Waals surface area contributed by atoms with Gasteiger partial charge in [0.15, 0.2) is 0 Å². The van der Waals surface area contributed by atoms with E-state index < -0.39 is 33.9 Å². The summed E-state index contributed by atoms with van der Waals surface area (Å²) in [7, 11) is -4.28. The summed E-state index contributed by atoms with van der Waals surface area (Å²) in [4.78, 5) is 14.2. The fourth-order valence-electron chi connectivity index (χ4n) is 3.65. The molecule has 0 saturated carbocycles. The molecule has 6 nitrogen and oxygen atoms in total. The number of pyridine rings is 1. The molecule has 0 fully saturated rings. The highest BCUT2D eigenvalue weighted by atomic mass is 32.2. The van der Waals surface area contributed by atoms with Gasteiger partial charge in [-0.05, 0) is 54.3 Å². The van der Waals surface area contributed by atoms with Crippen molar-refractivity contribution in [3.05, 3.63) is 94.8 Å². The lowest BCUT2D eigenvalue weighted by atomic mass is 10.0. The Morgan fingerprint density at radius 2 is 1.76 bits per heavy atom. The maximum absolute atomic E-state index is 13.7. The van der Waals surface area contributed by atoms with E-state index in [0.29, 0.717) is 35.4 Å². The van der Waals surface area contributed by atoms with Crippen molar-refractivity contribution in [3.8, 4) is 0 Å². The van der Waals surface area contributed by atoms with Crippen LogP contribution >= 0.6 is 0 Å². The van der Waals surface area contributed by atoms with Crippen LogP contribution in [0.1, 0.15) is 52.1 Å². The molecule has 0 aliphatic rings. The minimum Gasteiger partial charge on any atom is -0.478 e. The number of carboxylic acid groups (broad SMARTS) is 1. The van der Waals surface area contributed by atoms with Gasteiger partial charge < -0.3 is 5.11 Å². The summed E-state index contributed by atoms with van der Waals surface area (Å²) in [5, 5.41) is 9.22. The Morgan fingerprint density at radius 1 is 1.09 bits per heavy atom. The molecule has 1 aromatic heterocycles. The zero-order valence-corrected chi connectivity index (χ0v) is 19.3. The van der Waals surface area contributed by atoms with Crippen LogP contribution in [-0.2, 0) is 22.7 Å². The Morgan fingerprint density at radius 3 is 2.26 bits per heavy atom. The maximum Gasteiger partial charge on any atom is 0.433 e. The van der Waals surface area contributed by atoms with E-state index >= 15 is 0 Å². The normalized spacial score (nSPS) is 13.1. The van der Waals surface area contributed by atoms with Crippen molar-refractivity contribution in [2.24, 2.45) is 0 Å². The second-order valence-electron chi connectivity index (χ2n) is 7.71. The van der Waals surface area contributed by atoms with E-state index in [2.05, 4.69) is 4.98 Å². The summed E-state index contributed by atoms with van der Waals surface area (Å²) < 4.78 is 67.4. The molecule has 1 unspecified atom stereocenters. The molecule has 180 valence electrons. The standard InChI is InChI=1S/C24H23F3N2O4S/c1-3-21(17-7-5-4-6-8-17)29(15-19-10-9-18(23(30)31)13-16(19)2)34(32,33)20-11-12-22(28-14-20)24(25,26)27/h4-14,21H,3,15H2,1-2H3,(H,30,31). The number of nitrogens with zero attached hydrogens (tertiary/aromatic N) is 2. The Labute approximate surface area is 195 Å². The van der Waals surface area contributed by atoms with Gasteiger partial charge in [0.25, 0.3) is 0 Å². The van der Waals surface area contributed by atoms with Crippen molar-refractivity contribution >= 4 is 16.0 Å². The number of sulfonamides is 1. The molecular weight excluding hydrogens is 469 g/mol. The second-order valence-corrected chi connectivity index (χ2v) is 9.60. The van der Waals surface area contributed by atoms with Crippen LogP contribution in [0.4, 0.5) is 13.2 Å². The number of aromatic carboxylic acids is 1. The molecule has 1 atom stereocenters. The molecular formula is C24H23F3N2O4S. The topological polar surface area (TPSA) is 87.6 Å². The molecule has 1 heterocycles. The van der Waals surface area contributed by atoms with Gasteiger partial charge in [-0.15, -0.1) is 0 Å². The number of aryl methyl sites for hydroxylation is 1. The summed E-state index contributed by atoms with van der Waals surface area (Å²) >= 11 is 0. The number of rotatable bonds is 8. The summed E-state index contributed by atoms with van der Waals surface area (Å²) in [5.41, 5.74) is 0.746. The first-order chi connectivity index (χ1) is 15.9. The lowest BCUT2D eigenvalue weighted by Crippen LogP contribution is -2.34. The quantitative estimate of drug-likeness (QED) is 0.452. The molecule has 3 rings (SSSR count). The van der Waals surface area contributed by atoms with Crippen LogP contribution in [0.2, 0.25) is 0 Å². The number of hydrogen-bond acceptors (Lipinski definition) is 4. The number of aromatic nitrogens is 1. The Hall–Kier alpha value is -3.24. The zero-order chi connectivity index (χ0) is 25.1.